The fourth-order valence-corrected chi connectivity index (χ4v) is 1.85. The molecule has 0 fully saturated rings. The Kier molecular flexibility index (Phi) is 4.83. The smallest absolute Gasteiger partial charge is 0.310 e. The highest BCUT2D eigenvalue weighted by Gasteiger charge is 2.17. The lowest BCUT2D eigenvalue weighted by Gasteiger charge is -2.02. The van der Waals surface area contributed by atoms with E-state index in [1.54, 1.807) is 6.07 Å². The summed E-state index contributed by atoms with van der Waals surface area (Å²) in [6, 6.07) is 4.44. The molecule has 112 valence electrons. The van der Waals surface area contributed by atoms with Gasteiger partial charge in [-0.2, -0.15) is 0 Å². The highest BCUT2D eigenvalue weighted by molar-refractivity contribution is 5.61. The van der Waals surface area contributed by atoms with Gasteiger partial charge in [0.1, 0.15) is 0 Å². The largest absolute Gasteiger partial charge is 0.490 e. The summed E-state index contributed by atoms with van der Waals surface area (Å²) in [4.78, 5) is 10.3. The molecule has 0 spiro atoms. The Bertz CT molecular complexity index is 626. The predicted molar refractivity (Wildman–Crippen MR) is 75.2 cm³/mol. The van der Waals surface area contributed by atoms with Crippen LogP contribution in [0.25, 0.3) is 11.5 Å². The summed E-state index contributed by atoms with van der Waals surface area (Å²) in [5.41, 5.74) is 0.486. The first-order valence-corrected chi connectivity index (χ1v) is 6.45. The van der Waals surface area contributed by atoms with Crippen LogP contribution in [0.4, 0.5) is 5.69 Å². The molecule has 0 unspecified atom stereocenters. The van der Waals surface area contributed by atoms with Gasteiger partial charge in [-0.3, -0.25) is 10.1 Å². The van der Waals surface area contributed by atoms with Crippen LogP contribution in [0.15, 0.2) is 22.6 Å². The number of nitro groups is 1. The number of aryl methyl sites for hydroxylation is 1. The number of benzene rings is 1. The number of rotatable bonds is 7. The highest BCUT2D eigenvalue weighted by Crippen LogP contribution is 2.31. The zero-order valence-electron chi connectivity index (χ0n) is 11.8. The second-order valence-corrected chi connectivity index (χ2v) is 4.35. The summed E-state index contributed by atoms with van der Waals surface area (Å²) in [6.45, 7) is 0.864. The third-order valence-electron chi connectivity index (χ3n) is 2.91. The average Bonchev–Trinajstić information content (AvgIpc) is 2.95. The van der Waals surface area contributed by atoms with E-state index in [1.807, 2.05) is 7.05 Å². The normalized spacial score (nSPS) is 10.6. The molecule has 8 nitrogen and oxygen atoms in total. The van der Waals surface area contributed by atoms with E-state index in [-0.39, 0.29) is 11.4 Å². The third kappa shape index (κ3) is 3.54. The van der Waals surface area contributed by atoms with Gasteiger partial charge in [-0.1, -0.05) is 0 Å². The van der Waals surface area contributed by atoms with Crippen LogP contribution in [0.3, 0.4) is 0 Å². The Morgan fingerprint density at radius 2 is 2.24 bits per heavy atom. The minimum Gasteiger partial charge on any atom is -0.490 e. The lowest BCUT2D eigenvalue weighted by atomic mass is 10.2. The number of hydrogen-bond acceptors (Lipinski definition) is 7. The van der Waals surface area contributed by atoms with Crippen molar-refractivity contribution >= 4 is 5.69 Å². The van der Waals surface area contributed by atoms with Crippen LogP contribution in [0.1, 0.15) is 12.3 Å². The first-order valence-electron chi connectivity index (χ1n) is 6.45. The van der Waals surface area contributed by atoms with Crippen molar-refractivity contribution in [1.29, 1.82) is 0 Å². The van der Waals surface area contributed by atoms with E-state index < -0.39 is 4.92 Å². The van der Waals surface area contributed by atoms with Gasteiger partial charge < -0.3 is 14.5 Å². The van der Waals surface area contributed by atoms with Gasteiger partial charge in [0, 0.05) is 24.1 Å². The van der Waals surface area contributed by atoms with Crippen molar-refractivity contribution in [3.05, 3.63) is 34.2 Å². The van der Waals surface area contributed by atoms with E-state index in [9.17, 15) is 10.1 Å². The first-order chi connectivity index (χ1) is 10.2. The predicted octanol–water partition coefficient (Wildman–Crippen LogP) is 1.81. The summed E-state index contributed by atoms with van der Waals surface area (Å²) in [5, 5.41) is 21.8. The number of hydrogen-bond donors (Lipinski definition) is 1. The molecule has 0 saturated heterocycles. The average molecular weight is 292 g/mol. The van der Waals surface area contributed by atoms with Crippen molar-refractivity contribution in [2.45, 2.75) is 12.8 Å². The van der Waals surface area contributed by atoms with E-state index >= 15 is 0 Å². The number of methoxy groups -OCH3 is 1. The number of aromatic nitrogens is 2. The molecule has 0 amide bonds. The van der Waals surface area contributed by atoms with E-state index in [2.05, 4.69) is 15.5 Å². The molecule has 1 N–H and O–H groups in total. The number of ether oxygens (including phenoxy) is 1. The van der Waals surface area contributed by atoms with E-state index in [0.29, 0.717) is 23.8 Å². The summed E-state index contributed by atoms with van der Waals surface area (Å²) < 4.78 is 10.6. The quantitative estimate of drug-likeness (QED) is 0.471. The van der Waals surface area contributed by atoms with Crippen molar-refractivity contribution in [1.82, 2.24) is 15.5 Å². The van der Waals surface area contributed by atoms with Gasteiger partial charge in [0.15, 0.2) is 5.75 Å². The van der Waals surface area contributed by atoms with Gasteiger partial charge in [-0.25, -0.2) is 0 Å². The number of nitrogens with one attached hydrogen (secondary N) is 1. The van der Waals surface area contributed by atoms with Crippen LogP contribution in [-0.2, 0) is 6.42 Å². The van der Waals surface area contributed by atoms with Crippen molar-refractivity contribution in [3.8, 4) is 17.2 Å². The van der Waals surface area contributed by atoms with Crippen molar-refractivity contribution in [2.75, 3.05) is 20.7 Å². The van der Waals surface area contributed by atoms with Gasteiger partial charge in [-0.05, 0) is 26.1 Å². The molecule has 21 heavy (non-hydrogen) atoms. The molecule has 0 radical (unpaired) electrons. The molecule has 0 atom stereocenters. The van der Waals surface area contributed by atoms with Crippen molar-refractivity contribution < 1.29 is 14.1 Å². The van der Waals surface area contributed by atoms with Crippen LogP contribution in [0.2, 0.25) is 0 Å². The summed E-state index contributed by atoms with van der Waals surface area (Å²) in [5.74, 6) is 1.02. The van der Waals surface area contributed by atoms with Crippen LogP contribution >= 0.6 is 0 Å². The summed E-state index contributed by atoms with van der Waals surface area (Å²) in [7, 11) is 3.26. The highest BCUT2D eigenvalue weighted by atomic mass is 16.6. The number of nitro benzene ring substituents is 1. The standard InChI is InChI=1S/C13H16N4O4/c1-14-7-3-4-12-15-16-13(21-12)9-5-6-10(17(18)19)11(8-9)20-2/h5-6,8,14H,3-4,7H2,1-2H3. The molecule has 1 aromatic carbocycles. The van der Waals surface area contributed by atoms with E-state index in [1.165, 1.54) is 19.2 Å². The van der Waals surface area contributed by atoms with Crippen LogP contribution in [0.5, 0.6) is 5.75 Å². The lowest BCUT2D eigenvalue weighted by Crippen LogP contribution is -2.08. The fourth-order valence-electron chi connectivity index (χ4n) is 1.85. The van der Waals surface area contributed by atoms with Crippen molar-refractivity contribution in [2.24, 2.45) is 0 Å². The maximum absolute atomic E-state index is 10.8. The Labute approximate surface area is 121 Å². The second-order valence-electron chi connectivity index (χ2n) is 4.35. The first kappa shape index (κ1) is 14.9. The molecule has 0 saturated carbocycles. The molecule has 0 aliphatic rings. The number of nitrogens with zero attached hydrogens (tertiary/aromatic N) is 3. The Morgan fingerprint density at radius 1 is 1.43 bits per heavy atom. The topological polar surface area (TPSA) is 103 Å². The second kappa shape index (κ2) is 6.80. The third-order valence-corrected chi connectivity index (χ3v) is 2.91. The maximum atomic E-state index is 10.8. The molecule has 1 heterocycles. The van der Waals surface area contributed by atoms with Crippen molar-refractivity contribution in [3.63, 3.8) is 0 Å². The Hall–Kier alpha value is -2.48. The van der Waals surface area contributed by atoms with E-state index in [0.717, 1.165) is 13.0 Å². The molecular weight excluding hydrogens is 276 g/mol. The minimum absolute atomic E-state index is 0.102. The molecule has 0 bridgehead atoms. The van der Waals surface area contributed by atoms with Gasteiger partial charge >= 0.3 is 5.69 Å². The monoisotopic (exact) mass is 292 g/mol. The van der Waals surface area contributed by atoms with Crippen LogP contribution in [0, 0.1) is 10.1 Å². The lowest BCUT2D eigenvalue weighted by molar-refractivity contribution is -0.385. The van der Waals surface area contributed by atoms with Crippen LogP contribution in [-0.4, -0.2) is 35.8 Å². The fraction of sp³-hybridized carbons (Fsp3) is 0.385. The van der Waals surface area contributed by atoms with Crippen LogP contribution < -0.4 is 10.1 Å². The molecule has 2 aromatic rings. The molecule has 8 heteroatoms. The zero-order valence-corrected chi connectivity index (χ0v) is 11.8. The summed E-state index contributed by atoms with van der Waals surface area (Å²) >= 11 is 0. The molecule has 0 aliphatic carbocycles. The SMILES string of the molecule is CNCCCc1nnc(-c2ccc([N+](=O)[O-])c(OC)c2)o1. The van der Waals surface area contributed by atoms with Gasteiger partial charge in [0.05, 0.1) is 12.0 Å². The maximum Gasteiger partial charge on any atom is 0.310 e. The summed E-state index contributed by atoms with van der Waals surface area (Å²) in [6.07, 6.45) is 1.57. The van der Waals surface area contributed by atoms with Gasteiger partial charge in [-0.15, -0.1) is 10.2 Å². The Morgan fingerprint density at radius 3 is 2.90 bits per heavy atom. The van der Waals surface area contributed by atoms with Gasteiger partial charge in [0.25, 0.3) is 0 Å². The minimum atomic E-state index is -0.500. The molecule has 1 aromatic heterocycles. The van der Waals surface area contributed by atoms with Gasteiger partial charge in [0.2, 0.25) is 11.8 Å². The van der Waals surface area contributed by atoms with E-state index in [4.69, 9.17) is 9.15 Å². The Balaban J connectivity index is 2.20. The molecule has 2 rings (SSSR count). The molecule has 0 aliphatic heterocycles. The zero-order chi connectivity index (χ0) is 15.2. The molecular formula is C13H16N4O4.